The van der Waals surface area contributed by atoms with E-state index in [1.165, 1.54) is 5.56 Å². The maximum absolute atomic E-state index is 9.15. The molecular weight excluding hydrogens is 266 g/mol. The first-order chi connectivity index (χ1) is 9.26. The van der Waals surface area contributed by atoms with Crippen molar-refractivity contribution in [1.29, 1.82) is 0 Å². The van der Waals surface area contributed by atoms with E-state index in [2.05, 4.69) is 45.1 Å². The quantitative estimate of drug-likeness (QED) is 0.492. The van der Waals surface area contributed by atoms with Crippen molar-refractivity contribution >= 4 is 14.0 Å². The molecule has 0 spiro atoms. The minimum Gasteiger partial charge on any atom is -0.543 e. The Hall–Kier alpha value is -1.29. The third-order valence-electron chi connectivity index (χ3n) is 4.58. The Morgan fingerprint density at radius 2 is 1.90 bits per heavy atom. The van der Waals surface area contributed by atoms with E-state index in [4.69, 9.17) is 9.63 Å². The van der Waals surface area contributed by atoms with E-state index in [0.29, 0.717) is 0 Å². The molecule has 0 aliphatic heterocycles. The zero-order chi connectivity index (χ0) is 15.0. The number of oxime groups is 1. The van der Waals surface area contributed by atoms with Crippen LogP contribution in [0.2, 0.25) is 18.1 Å². The Labute approximate surface area is 122 Å². The van der Waals surface area contributed by atoms with Crippen molar-refractivity contribution in [3.63, 3.8) is 0 Å². The summed E-state index contributed by atoms with van der Waals surface area (Å²) in [5.41, 5.74) is 3.04. The molecule has 1 aliphatic carbocycles. The number of benzene rings is 1. The molecular formula is C16H25NO2Si. The molecule has 0 atom stereocenters. The summed E-state index contributed by atoms with van der Waals surface area (Å²) in [6, 6.07) is 6.08. The zero-order valence-electron chi connectivity index (χ0n) is 13.2. The van der Waals surface area contributed by atoms with Gasteiger partial charge in [0.05, 0.1) is 5.71 Å². The van der Waals surface area contributed by atoms with E-state index in [0.717, 1.165) is 36.3 Å². The minimum absolute atomic E-state index is 0.179. The molecule has 2 rings (SSSR count). The fourth-order valence-electron chi connectivity index (χ4n) is 2.29. The molecule has 4 heteroatoms. The van der Waals surface area contributed by atoms with Gasteiger partial charge in [-0.3, -0.25) is 0 Å². The maximum Gasteiger partial charge on any atom is 0.250 e. The summed E-state index contributed by atoms with van der Waals surface area (Å²) in [5, 5.41) is 12.8. The first-order valence-electron chi connectivity index (χ1n) is 7.28. The van der Waals surface area contributed by atoms with Crippen molar-refractivity contribution in [2.24, 2.45) is 5.16 Å². The molecule has 110 valence electrons. The fraction of sp³-hybridized carbons (Fsp3) is 0.562. The van der Waals surface area contributed by atoms with Crippen molar-refractivity contribution < 1.29 is 9.63 Å². The van der Waals surface area contributed by atoms with Crippen LogP contribution in [0.4, 0.5) is 0 Å². The van der Waals surface area contributed by atoms with Crippen molar-refractivity contribution in [1.82, 2.24) is 0 Å². The van der Waals surface area contributed by atoms with Gasteiger partial charge in [-0.25, -0.2) is 0 Å². The molecule has 0 saturated heterocycles. The number of hydrogen-bond acceptors (Lipinski definition) is 3. The van der Waals surface area contributed by atoms with Crippen molar-refractivity contribution in [3.05, 3.63) is 29.3 Å². The van der Waals surface area contributed by atoms with Gasteiger partial charge < -0.3 is 9.63 Å². The summed E-state index contributed by atoms with van der Waals surface area (Å²) in [7, 11) is -1.84. The SMILES string of the molecule is CC(C)(C)[Si](C)(C)Oc1cccc2c1CCCC2=NO. The molecule has 0 fully saturated rings. The number of hydrogen-bond donors (Lipinski definition) is 1. The normalized spacial score (nSPS) is 17.9. The average molecular weight is 291 g/mol. The van der Waals surface area contributed by atoms with Crippen LogP contribution in [0.3, 0.4) is 0 Å². The summed E-state index contributed by atoms with van der Waals surface area (Å²) >= 11 is 0. The Morgan fingerprint density at radius 1 is 1.20 bits per heavy atom. The first-order valence-corrected chi connectivity index (χ1v) is 10.2. The molecule has 1 aliphatic rings. The molecule has 0 unspecified atom stereocenters. The molecule has 20 heavy (non-hydrogen) atoms. The topological polar surface area (TPSA) is 41.8 Å². The molecule has 1 aromatic carbocycles. The predicted molar refractivity (Wildman–Crippen MR) is 85.5 cm³/mol. The summed E-state index contributed by atoms with van der Waals surface area (Å²) < 4.78 is 6.46. The van der Waals surface area contributed by atoms with E-state index < -0.39 is 8.32 Å². The molecule has 0 bridgehead atoms. The monoisotopic (exact) mass is 291 g/mol. The second-order valence-electron chi connectivity index (χ2n) is 7.04. The third-order valence-corrected chi connectivity index (χ3v) is 8.92. The van der Waals surface area contributed by atoms with E-state index >= 15 is 0 Å². The summed E-state index contributed by atoms with van der Waals surface area (Å²) in [6.45, 7) is 11.3. The Kier molecular flexibility index (Phi) is 3.96. The van der Waals surface area contributed by atoms with Crippen molar-refractivity contribution in [3.8, 4) is 5.75 Å². The second-order valence-corrected chi connectivity index (χ2v) is 11.8. The van der Waals surface area contributed by atoms with E-state index in [-0.39, 0.29) is 5.04 Å². The van der Waals surface area contributed by atoms with Crippen LogP contribution < -0.4 is 4.43 Å². The highest BCUT2D eigenvalue weighted by Crippen LogP contribution is 2.39. The molecule has 1 N–H and O–H groups in total. The lowest BCUT2D eigenvalue weighted by atomic mass is 9.89. The van der Waals surface area contributed by atoms with Crippen LogP contribution in [0.15, 0.2) is 23.4 Å². The van der Waals surface area contributed by atoms with Gasteiger partial charge in [-0.2, -0.15) is 0 Å². The number of fused-ring (bicyclic) bond motifs is 1. The van der Waals surface area contributed by atoms with Crippen LogP contribution in [-0.4, -0.2) is 19.2 Å². The second kappa shape index (κ2) is 5.24. The lowest BCUT2D eigenvalue weighted by Crippen LogP contribution is -2.44. The standard InChI is InChI=1S/C16H25NO2Si/c1-16(2,3)20(4,5)19-15-11-7-8-12-13(15)9-6-10-14(12)17-18/h7-8,11,18H,6,9-10H2,1-5H3. The van der Waals surface area contributed by atoms with Gasteiger partial charge in [0.25, 0.3) is 0 Å². The summed E-state index contributed by atoms with van der Waals surface area (Å²) in [5.74, 6) is 0.981. The Balaban J connectivity index is 2.40. The Bertz CT molecular complexity index is 530. The van der Waals surface area contributed by atoms with Crippen molar-refractivity contribution in [2.45, 2.75) is 58.2 Å². The number of rotatable bonds is 2. The fourth-order valence-corrected chi connectivity index (χ4v) is 3.34. The highest BCUT2D eigenvalue weighted by Gasteiger charge is 2.39. The van der Waals surface area contributed by atoms with Gasteiger partial charge in [0.2, 0.25) is 8.32 Å². The van der Waals surface area contributed by atoms with E-state index in [1.807, 2.05) is 12.1 Å². The van der Waals surface area contributed by atoms with Crippen molar-refractivity contribution in [2.75, 3.05) is 0 Å². The van der Waals surface area contributed by atoms with Crippen LogP contribution in [0.25, 0.3) is 0 Å². The van der Waals surface area contributed by atoms with Crippen LogP contribution in [0.1, 0.15) is 44.7 Å². The van der Waals surface area contributed by atoms with Gasteiger partial charge in [0.1, 0.15) is 5.75 Å². The van der Waals surface area contributed by atoms with Gasteiger partial charge in [0.15, 0.2) is 0 Å². The lowest BCUT2D eigenvalue weighted by Gasteiger charge is -2.37. The minimum atomic E-state index is -1.84. The van der Waals surface area contributed by atoms with E-state index in [9.17, 15) is 0 Å². The first kappa shape index (κ1) is 15.1. The molecule has 3 nitrogen and oxygen atoms in total. The average Bonchev–Trinajstić information content (AvgIpc) is 2.36. The largest absolute Gasteiger partial charge is 0.543 e. The lowest BCUT2D eigenvalue weighted by molar-refractivity contribution is 0.317. The number of nitrogens with zero attached hydrogens (tertiary/aromatic N) is 1. The smallest absolute Gasteiger partial charge is 0.250 e. The maximum atomic E-state index is 9.15. The van der Waals surface area contributed by atoms with E-state index in [1.54, 1.807) is 0 Å². The molecule has 0 saturated carbocycles. The molecule has 0 radical (unpaired) electrons. The third kappa shape index (κ3) is 2.75. The Morgan fingerprint density at radius 3 is 2.50 bits per heavy atom. The van der Waals surface area contributed by atoms with Crippen LogP contribution in [0.5, 0.6) is 5.75 Å². The van der Waals surface area contributed by atoms with Gasteiger partial charge in [-0.15, -0.1) is 0 Å². The summed E-state index contributed by atoms with van der Waals surface area (Å²) in [6.07, 6.45) is 2.86. The highest BCUT2D eigenvalue weighted by molar-refractivity contribution is 6.74. The van der Waals surface area contributed by atoms with Gasteiger partial charge in [-0.1, -0.05) is 38.1 Å². The van der Waals surface area contributed by atoms with Crippen LogP contribution in [-0.2, 0) is 6.42 Å². The molecule has 1 aromatic rings. The van der Waals surface area contributed by atoms with Crippen LogP contribution >= 0.6 is 0 Å². The highest BCUT2D eigenvalue weighted by atomic mass is 28.4. The summed E-state index contributed by atoms with van der Waals surface area (Å²) in [4.78, 5) is 0. The van der Waals surface area contributed by atoms with Gasteiger partial charge >= 0.3 is 0 Å². The predicted octanol–water partition coefficient (Wildman–Crippen LogP) is 4.59. The molecule has 0 amide bonds. The molecule has 0 aromatic heterocycles. The molecule has 0 heterocycles. The zero-order valence-corrected chi connectivity index (χ0v) is 14.2. The van der Waals surface area contributed by atoms with Gasteiger partial charge in [-0.05, 0) is 43.5 Å². The van der Waals surface area contributed by atoms with Crippen LogP contribution in [0, 0.1) is 0 Å². The van der Waals surface area contributed by atoms with Gasteiger partial charge in [0, 0.05) is 11.1 Å².